The van der Waals surface area contributed by atoms with Crippen LogP contribution in [0.1, 0.15) is 22.5 Å². The van der Waals surface area contributed by atoms with E-state index in [1.807, 2.05) is 0 Å². The quantitative estimate of drug-likeness (QED) is 0.844. The number of carbonyl (C=O) groups is 1. The first kappa shape index (κ1) is 13.3. The molecule has 7 heteroatoms. The maximum absolute atomic E-state index is 12.1. The van der Waals surface area contributed by atoms with Crippen molar-refractivity contribution in [1.29, 1.82) is 0 Å². The van der Waals surface area contributed by atoms with E-state index in [2.05, 4.69) is 0 Å². The van der Waals surface area contributed by atoms with Gasteiger partial charge in [-0.2, -0.15) is 13.2 Å². The van der Waals surface area contributed by atoms with Crippen LogP contribution in [0.2, 0.25) is 0 Å². The van der Waals surface area contributed by atoms with Gasteiger partial charge in [0.1, 0.15) is 5.69 Å². The van der Waals surface area contributed by atoms with Gasteiger partial charge >= 0.3 is 12.1 Å². The van der Waals surface area contributed by atoms with Gasteiger partial charge in [0.2, 0.25) is 0 Å². The standard InChI is InChI=1S/C12H11F3N2O2/c13-12(14,15)4-3-7-1-2-8-6-10(11(18)19)17(16)9(8)5-7/h1-2,5-6H,3-4,16H2,(H,18,19). The zero-order valence-electron chi connectivity index (χ0n) is 9.74. The number of aromatic carboxylic acids is 1. The van der Waals surface area contributed by atoms with E-state index in [9.17, 15) is 18.0 Å². The van der Waals surface area contributed by atoms with Crippen LogP contribution < -0.4 is 5.84 Å². The summed E-state index contributed by atoms with van der Waals surface area (Å²) in [5.41, 5.74) is 0.756. The molecule has 1 aromatic carbocycles. The van der Waals surface area contributed by atoms with Crippen LogP contribution in [0.25, 0.3) is 10.9 Å². The molecule has 0 aliphatic carbocycles. The highest BCUT2D eigenvalue weighted by atomic mass is 19.4. The third-order valence-electron chi connectivity index (χ3n) is 2.82. The van der Waals surface area contributed by atoms with Crippen molar-refractivity contribution in [3.63, 3.8) is 0 Å². The van der Waals surface area contributed by atoms with Gasteiger partial charge in [-0.3, -0.25) is 4.68 Å². The lowest BCUT2D eigenvalue weighted by molar-refractivity contribution is -0.133. The maximum atomic E-state index is 12.1. The summed E-state index contributed by atoms with van der Waals surface area (Å²) < 4.78 is 37.4. The molecule has 2 aromatic rings. The number of benzene rings is 1. The van der Waals surface area contributed by atoms with Crippen LogP contribution in [0.15, 0.2) is 24.3 Å². The average molecular weight is 272 g/mol. The molecule has 0 aliphatic heterocycles. The molecule has 0 saturated heterocycles. The lowest BCUT2D eigenvalue weighted by atomic mass is 10.1. The molecular formula is C12H11F3N2O2. The van der Waals surface area contributed by atoms with Crippen LogP contribution in [0.4, 0.5) is 13.2 Å². The molecule has 0 fully saturated rings. The molecule has 0 unspecified atom stereocenters. The smallest absolute Gasteiger partial charge is 0.389 e. The van der Waals surface area contributed by atoms with E-state index >= 15 is 0 Å². The number of alkyl halides is 3. The van der Waals surface area contributed by atoms with Crippen molar-refractivity contribution in [3.05, 3.63) is 35.5 Å². The minimum Gasteiger partial charge on any atom is -0.477 e. The highest BCUT2D eigenvalue weighted by Crippen LogP contribution is 2.24. The fraction of sp³-hybridized carbons (Fsp3) is 0.250. The summed E-state index contributed by atoms with van der Waals surface area (Å²) in [7, 11) is 0. The van der Waals surface area contributed by atoms with Gasteiger partial charge in [-0.05, 0) is 24.1 Å². The van der Waals surface area contributed by atoms with Crippen molar-refractivity contribution >= 4 is 16.9 Å². The normalized spacial score (nSPS) is 11.9. The van der Waals surface area contributed by atoms with Crippen molar-refractivity contribution in [3.8, 4) is 0 Å². The third kappa shape index (κ3) is 2.81. The summed E-state index contributed by atoms with van der Waals surface area (Å²) >= 11 is 0. The lowest BCUT2D eigenvalue weighted by Crippen LogP contribution is -2.15. The van der Waals surface area contributed by atoms with E-state index in [4.69, 9.17) is 10.9 Å². The monoisotopic (exact) mass is 272 g/mol. The number of halogens is 3. The van der Waals surface area contributed by atoms with Crippen molar-refractivity contribution in [2.45, 2.75) is 19.0 Å². The predicted octanol–water partition coefficient (Wildman–Crippen LogP) is 2.55. The number of hydrogen-bond acceptors (Lipinski definition) is 2. The summed E-state index contributed by atoms with van der Waals surface area (Å²) in [6.07, 6.45) is -5.30. The summed E-state index contributed by atoms with van der Waals surface area (Å²) in [5, 5.41) is 9.48. The fourth-order valence-corrected chi connectivity index (χ4v) is 1.87. The fourth-order valence-electron chi connectivity index (χ4n) is 1.87. The lowest BCUT2D eigenvalue weighted by Gasteiger charge is -2.06. The molecule has 0 aliphatic rings. The molecule has 0 bridgehead atoms. The van der Waals surface area contributed by atoms with Gasteiger partial charge in [0.25, 0.3) is 0 Å². The second-order valence-electron chi connectivity index (χ2n) is 4.21. The Balaban J connectivity index is 2.35. The van der Waals surface area contributed by atoms with E-state index in [-0.39, 0.29) is 12.1 Å². The van der Waals surface area contributed by atoms with Gasteiger partial charge in [0.15, 0.2) is 0 Å². The first-order valence-electron chi connectivity index (χ1n) is 5.47. The van der Waals surface area contributed by atoms with Gasteiger partial charge in [0, 0.05) is 11.8 Å². The number of hydrogen-bond donors (Lipinski definition) is 2. The van der Waals surface area contributed by atoms with Gasteiger partial charge in [-0.1, -0.05) is 12.1 Å². The molecule has 0 saturated carbocycles. The van der Waals surface area contributed by atoms with Gasteiger partial charge < -0.3 is 10.9 Å². The Morgan fingerprint density at radius 1 is 1.32 bits per heavy atom. The molecule has 2 rings (SSSR count). The highest BCUT2D eigenvalue weighted by molar-refractivity contribution is 5.94. The third-order valence-corrected chi connectivity index (χ3v) is 2.82. The van der Waals surface area contributed by atoms with E-state index in [1.165, 1.54) is 12.1 Å². The van der Waals surface area contributed by atoms with E-state index in [0.717, 1.165) is 4.68 Å². The topological polar surface area (TPSA) is 68.2 Å². The highest BCUT2D eigenvalue weighted by Gasteiger charge is 2.26. The van der Waals surface area contributed by atoms with Gasteiger partial charge in [-0.25, -0.2) is 4.79 Å². The summed E-state index contributed by atoms with van der Waals surface area (Å²) in [6, 6.07) is 5.97. The summed E-state index contributed by atoms with van der Waals surface area (Å²) in [5.74, 6) is 4.42. The first-order chi connectivity index (χ1) is 8.78. The Labute approximate surface area is 106 Å². The largest absolute Gasteiger partial charge is 0.477 e. The Morgan fingerprint density at radius 3 is 2.58 bits per heavy atom. The number of aryl methyl sites for hydroxylation is 1. The molecule has 0 spiro atoms. The molecule has 0 atom stereocenters. The maximum Gasteiger partial charge on any atom is 0.389 e. The van der Waals surface area contributed by atoms with Gasteiger partial charge in [0.05, 0.1) is 5.52 Å². The predicted molar refractivity (Wildman–Crippen MR) is 63.4 cm³/mol. The molecule has 3 N–H and O–H groups in total. The van der Waals surface area contributed by atoms with Crippen LogP contribution in [-0.4, -0.2) is 21.9 Å². The molecule has 1 aromatic heterocycles. The Hall–Kier alpha value is -2.18. The zero-order valence-corrected chi connectivity index (χ0v) is 9.74. The SMILES string of the molecule is Nn1c(C(=O)O)cc2ccc(CCC(F)(F)F)cc21. The van der Waals surface area contributed by atoms with Crippen LogP contribution in [-0.2, 0) is 6.42 Å². The number of carboxylic acids is 1. The van der Waals surface area contributed by atoms with E-state index in [0.29, 0.717) is 16.5 Å². The number of aromatic nitrogens is 1. The second-order valence-corrected chi connectivity index (χ2v) is 4.21. The molecule has 1 heterocycles. The van der Waals surface area contributed by atoms with Crippen molar-refractivity contribution < 1.29 is 23.1 Å². The number of fused-ring (bicyclic) bond motifs is 1. The second kappa shape index (κ2) is 4.49. The molecule has 0 amide bonds. The number of nitrogens with zero attached hydrogens (tertiary/aromatic N) is 1. The van der Waals surface area contributed by atoms with E-state index in [1.54, 1.807) is 12.1 Å². The molecular weight excluding hydrogens is 261 g/mol. The van der Waals surface area contributed by atoms with Gasteiger partial charge in [-0.15, -0.1) is 0 Å². The molecule has 19 heavy (non-hydrogen) atoms. The molecule has 102 valence electrons. The first-order valence-corrected chi connectivity index (χ1v) is 5.47. The summed E-state index contributed by atoms with van der Waals surface area (Å²) in [4.78, 5) is 10.9. The molecule has 4 nitrogen and oxygen atoms in total. The Kier molecular flexibility index (Phi) is 3.13. The van der Waals surface area contributed by atoms with Crippen LogP contribution >= 0.6 is 0 Å². The number of rotatable bonds is 3. The molecule has 0 radical (unpaired) electrons. The Bertz CT molecular complexity index is 632. The van der Waals surface area contributed by atoms with E-state index < -0.39 is 18.6 Å². The average Bonchev–Trinajstić information content (AvgIpc) is 2.63. The number of nitrogen functional groups attached to an aromatic ring is 1. The number of nitrogens with two attached hydrogens (primary N) is 1. The van der Waals surface area contributed by atoms with Crippen molar-refractivity contribution in [2.75, 3.05) is 5.84 Å². The Morgan fingerprint density at radius 2 is 2.00 bits per heavy atom. The minimum absolute atomic E-state index is 0.108. The van der Waals surface area contributed by atoms with Crippen LogP contribution in [0, 0.1) is 0 Å². The van der Waals surface area contributed by atoms with Crippen LogP contribution in [0.5, 0.6) is 0 Å². The zero-order chi connectivity index (χ0) is 14.2. The van der Waals surface area contributed by atoms with Crippen LogP contribution in [0.3, 0.4) is 0 Å². The van der Waals surface area contributed by atoms with Crippen molar-refractivity contribution in [2.24, 2.45) is 0 Å². The summed E-state index contributed by atoms with van der Waals surface area (Å²) in [6.45, 7) is 0. The number of carboxylic acid groups (broad SMARTS) is 1. The minimum atomic E-state index is -4.22. The van der Waals surface area contributed by atoms with Crippen molar-refractivity contribution in [1.82, 2.24) is 4.68 Å².